The summed E-state index contributed by atoms with van der Waals surface area (Å²) in [6.45, 7) is 5.91. The largest absolute Gasteiger partial charge is 0.457 e. The van der Waals surface area contributed by atoms with Crippen LogP contribution >= 0.6 is 0 Å². The monoisotopic (exact) mass is 264 g/mol. The zero-order valence-corrected chi connectivity index (χ0v) is 11.8. The molecular formula is C15H20O4. The van der Waals surface area contributed by atoms with Crippen LogP contribution in [0.3, 0.4) is 0 Å². The Morgan fingerprint density at radius 3 is 2.37 bits per heavy atom. The summed E-state index contributed by atoms with van der Waals surface area (Å²) in [5, 5.41) is 0. The maximum Gasteiger partial charge on any atom is 0.331 e. The van der Waals surface area contributed by atoms with Crippen molar-refractivity contribution in [2.24, 2.45) is 0 Å². The van der Waals surface area contributed by atoms with Crippen molar-refractivity contribution in [1.29, 1.82) is 0 Å². The van der Waals surface area contributed by atoms with Crippen LogP contribution in [0.1, 0.15) is 31.9 Å². The molecule has 0 saturated heterocycles. The minimum Gasteiger partial charge on any atom is -0.457 e. The van der Waals surface area contributed by atoms with Crippen LogP contribution in [0.15, 0.2) is 30.3 Å². The van der Waals surface area contributed by atoms with Gasteiger partial charge in [0.25, 0.3) is 0 Å². The number of carbonyl (C=O) groups excluding carboxylic acids is 1. The molecule has 0 N–H and O–H groups in total. The molecule has 0 aliphatic heterocycles. The van der Waals surface area contributed by atoms with Gasteiger partial charge in [0.1, 0.15) is 12.2 Å². The third-order valence-corrected chi connectivity index (χ3v) is 2.14. The molecule has 0 radical (unpaired) electrons. The van der Waals surface area contributed by atoms with Crippen molar-refractivity contribution in [2.45, 2.75) is 33.0 Å². The molecule has 0 amide bonds. The Labute approximate surface area is 113 Å². The van der Waals surface area contributed by atoms with Crippen LogP contribution in [0.4, 0.5) is 0 Å². The summed E-state index contributed by atoms with van der Waals surface area (Å²) in [6.07, 6.45) is 3.14. The van der Waals surface area contributed by atoms with Crippen molar-refractivity contribution in [3.63, 3.8) is 0 Å². The summed E-state index contributed by atoms with van der Waals surface area (Å²) < 4.78 is 5.17. The van der Waals surface area contributed by atoms with Crippen LogP contribution in [-0.2, 0) is 25.9 Å². The van der Waals surface area contributed by atoms with E-state index in [1.807, 2.05) is 45.0 Å². The van der Waals surface area contributed by atoms with Crippen LogP contribution in [0.25, 0.3) is 6.08 Å². The molecule has 1 aromatic carbocycles. The second-order valence-corrected chi connectivity index (χ2v) is 5.04. The molecule has 1 aromatic rings. The van der Waals surface area contributed by atoms with Gasteiger partial charge in [-0.05, 0) is 38.0 Å². The minimum atomic E-state index is -0.469. The van der Waals surface area contributed by atoms with Gasteiger partial charge < -0.3 is 4.74 Å². The molecule has 4 heteroatoms. The molecule has 0 spiro atoms. The van der Waals surface area contributed by atoms with Gasteiger partial charge in [0.05, 0.1) is 7.11 Å². The van der Waals surface area contributed by atoms with E-state index in [9.17, 15) is 4.79 Å². The van der Waals surface area contributed by atoms with Crippen LogP contribution in [0, 0.1) is 0 Å². The average Bonchev–Trinajstić information content (AvgIpc) is 2.33. The van der Waals surface area contributed by atoms with Gasteiger partial charge in [-0.25, -0.2) is 14.6 Å². The molecule has 19 heavy (non-hydrogen) atoms. The van der Waals surface area contributed by atoms with Gasteiger partial charge in [0.2, 0.25) is 0 Å². The molecular weight excluding hydrogens is 244 g/mol. The van der Waals surface area contributed by atoms with Crippen molar-refractivity contribution in [3.8, 4) is 0 Å². The lowest BCUT2D eigenvalue weighted by molar-refractivity contribution is -0.282. The average molecular weight is 264 g/mol. The number of hydrogen-bond acceptors (Lipinski definition) is 4. The number of hydrogen-bond donors (Lipinski definition) is 0. The summed E-state index contributed by atoms with van der Waals surface area (Å²) in [5.41, 5.74) is 1.45. The van der Waals surface area contributed by atoms with E-state index in [1.54, 1.807) is 6.08 Å². The van der Waals surface area contributed by atoms with E-state index in [-0.39, 0.29) is 5.97 Å². The van der Waals surface area contributed by atoms with E-state index in [2.05, 4.69) is 4.89 Å². The second kappa shape index (κ2) is 7.07. The Hall–Kier alpha value is -1.65. The molecule has 0 unspecified atom stereocenters. The van der Waals surface area contributed by atoms with Crippen molar-refractivity contribution < 1.29 is 19.3 Å². The first kappa shape index (κ1) is 15.4. The highest BCUT2D eigenvalue weighted by molar-refractivity contribution is 5.87. The number of rotatable bonds is 5. The molecule has 0 atom stereocenters. The number of benzene rings is 1. The van der Waals surface area contributed by atoms with E-state index in [0.717, 1.165) is 11.1 Å². The Kier molecular flexibility index (Phi) is 5.73. The second-order valence-electron chi connectivity index (χ2n) is 5.04. The van der Waals surface area contributed by atoms with Gasteiger partial charge in [-0.3, -0.25) is 0 Å². The zero-order chi connectivity index (χ0) is 14.3. The normalized spacial score (nSPS) is 11.8. The third-order valence-electron chi connectivity index (χ3n) is 2.14. The summed E-state index contributed by atoms with van der Waals surface area (Å²) in [6, 6.07) is 7.62. The highest BCUT2D eigenvalue weighted by Crippen LogP contribution is 2.10. The maximum atomic E-state index is 11.5. The Balaban J connectivity index is 2.55. The summed E-state index contributed by atoms with van der Waals surface area (Å²) in [4.78, 5) is 20.8. The molecule has 0 fully saturated rings. The lowest BCUT2D eigenvalue weighted by atomic mass is 10.1. The van der Waals surface area contributed by atoms with Gasteiger partial charge in [-0.2, -0.15) is 0 Å². The molecule has 0 aliphatic rings. The molecule has 4 nitrogen and oxygen atoms in total. The predicted molar refractivity (Wildman–Crippen MR) is 73.1 cm³/mol. The summed E-state index contributed by atoms with van der Waals surface area (Å²) in [7, 11) is 1.47. The van der Waals surface area contributed by atoms with Crippen LogP contribution in [0.5, 0.6) is 0 Å². The fraction of sp³-hybridized carbons (Fsp3) is 0.400. The van der Waals surface area contributed by atoms with E-state index in [0.29, 0.717) is 6.61 Å². The molecule has 1 rings (SSSR count). The van der Waals surface area contributed by atoms with Gasteiger partial charge in [0.15, 0.2) is 0 Å². The third kappa shape index (κ3) is 6.74. The molecule has 0 aliphatic carbocycles. The lowest BCUT2D eigenvalue weighted by Gasteiger charge is -2.17. The Bertz CT molecular complexity index is 426. The van der Waals surface area contributed by atoms with Crippen molar-refractivity contribution in [3.05, 3.63) is 41.5 Å². The first-order chi connectivity index (χ1) is 8.90. The molecule has 0 bridgehead atoms. The van der Waals surface area contributed by atoms with Gasteiger partial charge in [-0.1, -0.05) is 24.3 Å². The molecule has 0 heterocycles. The van der Waals surface area contributed by atoms with Gasteiger partial charge in [0, 0.05) is 6.08 Å². The standard InChI is InChI=1S/C15H20O4/c1-15(2,3)19-14(16)10-9-12-5-7-13(8-6-12)11-18-17-4/h5-10H,11H2,1-4H3/b10-9+. The predicted octanol–water partition coefficient (Wildman–Crippen LogP) is 3.12. The Morgan fingerprint density at radius 1 is 1.21 bits per heavy atom. The molecule has 0 saturated carbocycles. The quantitative estimate of drug-likeness (QED) is 0.355. The Morgan fingerprint density at radius 2 is 1.84 bits per heavy atom. The highest BCUT2D eigenvalue weighted by atomic mass is 17.2. The number of carbonyl (C=O) groups is 1. The first-order valence-electron chi connectivity index (χ1n) is 6.06. The van der Waals surface area contributed by atoms with Crippen LogP contribution < -0.4 is 0 Å². The summed E-state index contributed by atoms with van der Waals surface area (Å²) >= 11 is 0. The lowest BCUT2D eigenvalue weighted by Crippen LogP contribution is -2.22. The van der Waals surface area contributed by atoms with E-state index >= 15 is 0 Å². The van der Waals surface area contributed by atoms with E-state index in [1.165, 1.54) is 13.2 Å². The number of ether oxygens (including phenoxy) is 1. The zero-order valence-electron chi connectivity index (χ0n) is 11.8. The van der Waals surface area contributed by atoms with E-state index < -0.39 is 5.60 Å². The van der Waals surface area contributed by atoms with Crippen molar-refractivity contribution in [2.75, 3.05) is 7.11 Å². The SMILES string of the molecule is COOCc1ccc(/C=C/C(=O)OC(C)(C)C)cc1. The fourth-order valence-electron chi connectivity index (χ4n) is 1.35. The topological polar surface area (TPSA) is 44.8 Å². The van der Waals surface area contributed by atoms with Gasteiger partial charge in [-0.15, -0.1) is 0 Å². The van der Waals surface area contributed by atoms with E-state index in [4.69, 9.17) is 9.62 Å². The molecule has 104 valence electrons. The highest BCUT2D eigenvalue weighted by Gasteiger charge is 2.13. The van der Waals surface area contributed by atoms with Crippen molar-refractivity contribution >= 4 is 12.0 Å². The smallest absolute Gasteiger partial charge is 0.331 e. The van der Waals surface area contributed by atoms with Gasteiger partial charge >= 0.3 is 5.97 Å². The maximum absolute atomic E-state index is 11.5. The number of esters is 1. The fourth-order valence-corrected chi connectivity index (χ4v) is 1.35. The van der Waals surface area contributed by atoms with Crippen LogP contribution in [-0.4, -0.2) is 18.7 Å². The van der Waals surface area contributed by atoms with Crippen LogP contribution in [0.2, 0.25) is 0 Å². The first-order valence-corrected chi connectivity index (χ1v) is 6.06. The summed E-state index contributed by atoms with van der Waals surface area (Å²) in [5.74, 6) is -0.348. The molecule has 0 aromatic heterocycles. The minimum absolute atomic E-state index is 0.348. The van der Waals surface area contributed by atoms with Crippen molar-refractivity contribution in [1.82, 2.24) is 0 Å².